The number of hydrogen-bond donors (Lipinski definition) is 2. The van der Waals surface area contributed by atoms with Crippen molar-refractivity contribution in [1.29, 1.82) is 0 Å². The first-order valence-corrected chi connectivity index (χ1v) is 14.9. The van der Waals surface area contributed by atoms with Gasteiger partial charge in [-0.1, -0.05) is 17.7 Å². The molecular formula is C24H26N4O11S2. The molecule has 3 rings (SSSR count). The topological polar surface area (TPSA) is 226 Å². The summed E-state index contributed by atoms with van der Waals surface area (Å²) in [5.74, 6) is 0.958. The van der Waals surface area contributed by atoms with Crippen molar-refractivity contribution >= 4 is 42.6 Å². The van der Waals surface area contributed by atoms with E-state index in [4.69, 9.17) is 15.3 Å². The van der Waals surface area contributed by atoms with Crippen molar-refractivity contribution in [2.75, 3.05) is 12.9 Å². The molecule has 0 saturated heterocycles. The summed E-state index contributed by atoms with van der Waals surface area (Å²) < 4.78 is 58.3. The number of carboxylic acid groups (broad SMARTS) is 1. The van der Waals surface area contributed by atoms with Gasteiger partial charge in [0, 0.05) is 12.7 Å². The predicted octanol–water partition coefficient (Wildman–Crippen LogP) is 0.984. The molecule has 0 saturated carbocycles. The smallest absolute Gasteiger partial charge is 0.352 e. The first-order chi connectivity index (χ1) is 19.1. The Morgan fingerprint density at radius 3 is 2.49 bits per heavy atom. The monoisotopic (exact) mass is 610 g/mol. The third-order valence-electron chi connectivity index (χ3n) is 5.84. The number of nitrogens with two attached hydrogens (primary N) is 1. The Hall–Kier alpha value is -4.35. The molecule has 17 heteroatoms. The van der Waals surface area contributed by atoms with E-state index in [2.05, 4.69) is 4.99 Å². The van der Waals surface area contributed by atoms with Crippen molar-refractivity contribution < 1.29 is 45.9 Å². The second kappa shape index (κ2) is 12.4. The Morgan fingerprint density at radius 2 is 1.98 bits per heavy atom. The molecule has 0 radical (unpaired) electrons. The molecule has 1 aromatic rings. The van der Waals surface area contributed by atoms with Gasteiger partial charge in [0.25, 0.3) is 5.88 Å². The van der Waals surface area contributed by atoms with Crippen molar-refractivity contribution in [3.05, 3.63) is 74.8 Å². The number of carbonyl (C=O) groups excluding carboxylic acids is 1. The maximum absolute atomic E-state index is 12.6. The summed E-state index contributed by atoms with van der Waals surface area (Å²) >= 11 is 0. The predicted molar refractivity (Wildman–Crippen MR) is 145 cm³/mol. The fraction of sp³-hybridized carbons (Fsp3) is 0.333. The minimum absolute atomic E-state index is 0.0349. The van der Waals surface area contributed by atoms with Gasteiger partial charge in [0.1, 0.15) is 17.4 Å². The Labute approximate surface area is 235 Å². The van der Waals surface area contributed by atoms with E-state index in [1.54, 1.807) is 13.8 Å². The van der Waals surface area contributed by atoms with Crippen LogP contribution in [0.1, 0.15) is 35.7 Å². The number of rotatable bonds is 10. The van der Waals surface area contributed by atoms with Gasteiger partial charge in [0.05, 0.1) is 22.0 Å². The second-order valence-electron chi connectivity index (χ2n) is 8.96. The van der Waals surface area contributed by atoms with Gasteiger partial charge in [0.2, 0.25) is 15.8 Å². The number of aliphatic imine (C=N–C) groups is 1. The molecule has 0 aromatic heterocycles. The van der Waals surface area contributed by atoms with Gasteiger partial charge in [-0.3, -0.25) is 14.9 Å². The van der Waals surface area contributed by atoms with Crippen LogP contribution in [0.3, 0.4) is 0 Å². The molecule has 3 N–H and O–H groups in total. The Kier molecular flexibility index (Phi) is 9.46. The van der Waals surface area contributed by atoms with Crippen LogP contribution in [0.25, 0.3) is 0 Å². The van der Waals surface area contributed by atoms with E-state index in [-0.39, 0.29) is 29.2 Å². The summed E-state index contributed by atoms with van der Waals surface area (Å²) in [5.41, 5.74) is -2.89. The largest absolute Gasteiger partial charge is 0.481 e. The molecule has 2 aliphatic rings. The molecule has 1 heterocycles. The molecule has 220 valence electrons. The minimum atomic E-state index is -4.22. The highest BCUT2D eigenvalue weighted by Crippen LogP contribution is 2.32. The maximum atomic E-state index is 12.6. The van der Waals surface area contributed by atoms with Gasteiger partial charge in [-0.2, -0.15) is 8.42 Å². The highest BCUT2D eigenvalue weighted by molar-refractivity contribution is 7.91. The van der Waals surface area contributed by atoms with Crippen LogP contribution >= 0.6 is 0 Å². The lowest BCUT2D eigenvalue weighted by molar-refractivity contribution is -0.420. The van der Waals surface area contributed by atoms with E-state index in [1.807, 2.05) is 0 Å². The number of carbonyl (C=O) groups is 2. The van der Waals surface area contributed by atoms with E-state index in [9.17, 15) is 41.6 Å². The standard InChI is InChI=1S/C24H26N4O11S2/c1-4-38-23(31)15-9-13(2)10-16(12-15)39-21-20(28(32)33)19(26-24(27(21)25)41(3,36)37)18(22(29)30)11-14-5-7-17(8-6-14)40(34)35/h5-7,9-10,12,18,24H,4,8,11,25H2,1-3H3,(H,29,30). The summed E-state index contributed by atoms with van der Waals surface area (Å²) in [4.78, 5) is 39.9. The number of carboxylic acids is 1. The van der Waals surface area contributed by atoms with Crippen molar-refractivity contribution in [3.63, 3.8) is 0 Å². The number of hydrazine groups is 1. The van der Waals surface area contributed by atoms with Gasteiger partial charge in [-0.15, -0.1) is 0 Å². The number of aryl methyl sites for hydroxylation is 1. The van der Waals surface area contributed by atoms with Crippen molar-refractivity contribution in [2.24, 2.45) is 16.8 Å². The quantitative estimate of drug-likeness (QED) is 0.124. The fourth-order valence-electron chi connectivity index (χ4n) is 4.03. The fourth-order valence-corrected chi connectivity index (χ4v) is 5.25. The number of hydrogen-bond acceptors (Lipinski definition) is 13. The van der Waals surface area contributed by atoms with Crippen LogP contribution in [-0.4, -0.2) is 72.7 Å². The molecule has 2 unspecified atom stereocenters. The van der Waals surface area contributed by atoms with Crippen LogP contribution in [-0.2, 0) is 29.7 Å². The van der Waals surface area contributed by atoms with E-state index in [0.29, 0.717) is 16.1 Å². The van der Waals surface area contributed by atoms with Crippen LogP contribution in [0.5, 0.6) is 5.75 Å². The third kappa shape index (κ3) is 7.24. The van der Waals surface area contributed by atoms with Crippen molar-refractivity contribution in [1.82, 2.24) is 5.01 Å². The number of ether oxygens (including phenoxy) is 2. The number of nitrogens with zero attached hydrogens (tertiary/aromatic N) is 3. The third-order valence-corrected chi connectivity index (χ3v) is 7.67. The molecule has 41 heavy (non-hydrogen) atoms. The summed E-state index contributed by atoms with van der Waals surface area (Å²) in [6, 6.07) is 4.06. The number of allylic oxidation sites excluding steroid dienone is 5. The number of aliphatic carboxylic acids is 1. The maximum Gasteiger partial charge on any atom is 0.352 e. The van der Waals surface area contributed by atoms with Crippen molar-refractivity contribution in [2.45, 2.75) is 32.2 Å². The van der Waals surface area contributed by atoms with Crippen LogP contribution in [0.15, 0.2) is 58.6 Å². The van der Waals surface area contributed by atoms with Crippen LogP contribution in [0, 0.1) is 23.0 Å². The number of nitro groups is 1. The minimum Gasteiger partial charge on any atom is -0.481 e. The average Bonchev–Trinajstić information content (AvgIpc) is 2.87. The van der Waals surface area contributed by atoms with Gasteiger partial charge in [0.15, 0.2) is 9.84 Å². The number of sulfone groups is 1. The van der Waals surface area contributed by atoms with Gasteiger partial charge in [-0.25, -0.2) is 29.1 Å². The van der Waals surface area contributed by atoms with Crippen LogP contribution in [0.2, 0.25) is 0 Å². The highest BCUT2D eigenvalue weighted by Gasteiger charge is 2.46. The summed E-state index contributed by atoms with van der Waals surface area (Å²) in [6.45, 7) is 3.27. The normalized spacial score (nSPS) is 17.9. The Morgan fingerprint density at radius 1 is 1.29 bits per heavy atom. The summed E-state index contributed by atoms with van der Waals surface area (Å²) in [7, 11) is -6.71. The van der Waals surface area contributed by atoms with Gasteiger partial charge < -0.3 is 14.6 Å². The van der Waals surface area contributed by atoms with Crippen LogP contribution < -0.4 is 10.6 Å². The SMILES string of the molecule is CCOC(=O)c1cc(C)cc(OC2=C([N+](=O)[O-])C(C(CC3=CCC(=S(=O)=O)C=C3)C(=O)O)=NC(S(C)(=O)=O)N2N)c1. The lowest BCUT2D eigenvalue weighted by Crippen LogP contribution is -2.51. The van der Waals surface area contributed by atoms with E-state index < -0.39 is 72.1 Å². The Balaban J connectivity index is 2.18. The molecule has 1 aliphatic carbocycles. The van der Waals surface area contributed by atoms with E-state index in [0.717, 1.165) is 6.26 Å². The molecular weight excluding hydrogens is 584 g/mol. The lowest BCUT2D eigenvalue weighted by Gasteiger charge is -2.31. The van der Waals surface area contributed by atoms with Gasteiger partial charge >= 0.3 is 17.6 Å². The van der Waals surface area contributed by atoms with Crippen molar-refractivity contribution in [3.8, 4) is 5.75 Å². The zero-order chi connectivity index (χ0) is 30.6. The second-order valence-corrected chi connectivity index (χ2v) is 12.0. The molecule has 0 fully saturated rings. The number of benzene rings is 1. The summed E-state index contributed by atoms with van der Waals surface area (Å²) in [5, 5.41) is 22.8. The highest BCUT2D eigenvalue weighted by atomic mass is 32.2. The average molecular weight is 611 g/mol. The molecule has 0 amide bonds. The zero-order valence-electron chi connectivity index (χ0n) is 22.0. The van der Waals surface area contributed by atoms with Gasteiger partial charge in [-0.05, 0) is 50.1 Å². The number of esters is 1. The lowest BCUT2D eigenvalue weighted by atomic mass is 9.90. The first kappa shape index (κ1) is 31.2. The molecule has 1 aromatic carbocycles. The molecule has 15 nitrogen and oxygen atoms in total. The molecule has 2 atom stereocenters. The zero-order valence-corrected chi connectivity index (χ0v) is 23.6. The molecule has 1 aliphatic heterocycles. The van der Waals surface area contributed by atoms with E-state index in [1.165, 1.54) is 36.4 Å². The van der Waals surface area contributed by atoms with E-state index >= 15 is 0 Å². The first-order valence-electron chi connectivity index (χ1n) is 11.8. The molecule has 0 spiro atoms. The molecule has 0 bridgehead atoms. The summed E-state index contributed by atoms with van der Waals surface area (Å²) in [6.07, 6.45) is 4.36. The Bertz CT molecular complexity index is 1660. The van der Waals surface area contributed by atoms with Crippen LogP contribution in [0.4, 0.5) is 0 Å².